The Balaban J connectivity index is 2.45. The van der Waals surface area contributed by atoms with Crippen LogP contribution < -0.4 is 14.3 Å². The van der Waals surface area contributed by atoms with Gasteiger partial charge in [0.15, 0.2) is 0 Å². The molecule has 2 rings (SSSR count). The molecule has 2 N–H and O–H groups in total. The first-order chi connectivity index (χ1) is 8.54. The average molecular weight is 269 g/mol. The SMILES string of the molecule is CCNS(=O)(=O)N1CC(C)NCc2ccccc21. The summed E-state index contributed by atoms with van der Waals surface area (Å²) in [6, 6.07) is 7.71. The van der Waals surface area contributed by atoms with Crippen LogP contribution in [0.4, 0.5) is 5.69 Å². The molecule has 0 spiro atoms. The molecule has 1 aliphatic heterocycles. The molecule has 100 valence electrons. The van der Waals surface area contributed by atoms with E-state index >= 15 is 0 Å². The molecule has 1 aliphatic rings. The molecule has 0 amide bonds. The molecule has 0 bridgehead atoms. The second-order valence-corrected chi connectivity index (χ2v) is 6.12. The molecule has 1 unspecified atom stereocenters. The van der Waals surface area contributed by atoms with Gasteiger partial charge in [0.05, 0.1) is 12.2 Å². The van der Waals surface area contributed by atoms with Crippen molar-refractivity contribution in [3.8, 4) is 0 Å². The minimum absolute atomic E-state index is 0.117. The van der Waals surface area contributed by atoms with Gasteiger partial charge in [-0.25, -0.2) is 0 Å². The van der Waals surface area contributed by atoms with Crippen LogP contribution in [0.1, 0.15) is 19.4 Å². The molecule has 18 heavy (non-hydrogen) atoms. The van der Waals surface area contributed by atoms with Gasteiger partial charge in [-0.1, -0.05) is 25.1 Å². The molecule has 0 fully saturated rings. The van der Waals surface area contributed by atoms with Crippen LogP contribution in [-0.2, 0) is 16.8 Å². The van der Waals surface area contributed by atoms with Crippen LogP contribution in [0.25, 0.3) is 0 Å². The molecule has 1 heterocycles. The van der Waals surface area contributed by atoms with Crippen LogP contribution in [0.2, 0.25) is 0 Å². The van der Waals surface area contributed by atoms with Gasteiger partial charge in [-0.15, -0.1) is 0 Å². The highest BCUT2D eigenvalue weighted by Gasteiger charge is 2.27. The summed E-state index contributed by atoms with van der Waals surface area (Å²) in [6.07, 6.45) is 0. The van der Waals surface area contributed by atoms with Gasteiger partial charge in [0.25, 0.3) is 0 Å². The molecule has 0 aromatic heterocycles. The van der Waals surface area contributed by atoms with Gasteiger partial charge >= 0.3 is 10.2 Å². The third kappa shape index (κ3) is 2.66. The molecule has 0 aliphatic carbocycles. The van der Waals surface area contributed by atoms with Crippen LogP contribution in [-0.4, -0.2) is 27.5 Å². The topological polar surface area (TPSA) is 61.4 Å². The van der Waals surface area contributed by atoms with Crippen LogP contribution in [0.5, 0.6) is 0 Å². The van der Waals surface area contributed by atoms with Crippen molar-refractivity contribution in [3.63, 3.8) is 0 Å². The lowest BCUT2D eigenvalue weighted by Gasteiger charge is -2.25. The fourth-order valence-electron chi connectivity index (χ4n) is 2.09. The minimum atomic E-state index is -3.46. The summed E-state index contributed by atoms with van der Waals surface area (Å²) in [4.78, 5) is 0. The van der Waals surface area contributed by atoms with Crippen molar-refractivity contribution in [1.29, 1.82) is 0 Å². The van der Waals surface area contributed by atoms with Gasteiger partial charge < -0.3 is 5.32 Å². The molecule has 5 nitrogen and oxygen atoms in total. The number of anilines is 1. The van der Waals surface area contributed by atoms with Gasteiger partial charge in [0, 0.05) is 19.1 Å². The van der Waals surface area contributed by atoms with E-state index in [1.165, 1.54) is 4.31 Å². The van der Waals surface area contributed by atoms with E-state index in [0.717, 1.165) is 11.3 Å². The molecular weight excluding hydrogens is 250 g/mol. The first-order valence-electron chi connectivity index (χ1n) is 6.13. The van der Waals surface area contributed by atoms with Crippen molar-refractivity contribution in [2.75, 3.05) is 17.4 Å². The number of hydrogen-bond acceptors (Lipinski definition) is 3. The van der Waals surface area contributed by atoms with Crippen LogP contribution >= 0.6 is 0 Å². The Morgan fingerprint density at radius 1 is 1.44 bits per heavy atom. The lowest BCUT2D eigenvalue weighted by Crippen LogP contribution is -2.45. The summed E-state index contributed by atoms with van der Waals surface area (Å²) in [7, 11) is -3.46. The molecule has 1 aromatic rings. The summed E-state index contributed by atoms with van der Waals surface area (Å²) in [5, 5.41) is 3.31. The van der Waals surface area contributed by atoms with Crippen LogP contribution in [0.3, 0.4) is 0 Å². The van der Waals surface area contributed by atoms with Crippen molar-refractivity contribution < 1.29 is 8.42 Å². The number of benzene rings is 1. The molecule has 0 radical (unpaired) electrons. The van der Waals surface area contributed by atoms with E-state index in [1.54, 1.807) is 6.92 Å². The van der Waals surface area contributed by atoms with E-state index in [1.807, 2.05) is 31.2 Å². The lowest BCUT2D eigenvalue weighted by atomic mass is 10.2. The van der Waals surface area contributed by atoms with Crippen LogP contribution in [0.15, 0.2) is 24.3 Å². The number of hydrogen-bond donors (Lipinski definition) is 2. The van der Waals surface area contributed by atoms with Gasteiger partial charge in [0.2, 0.25) is 0 Å². The summed E-state index contributed by atoms with van der Waals surface area (Å²) in [5.74, 6) is 0. The fourth-order valence-corrected chi connectivity index (χ4v) is 3.46. The van der Waals surface area contributed by atoms with E-state index in [-0.39, 0.29) is 6.04 Å². The standard InChI is InChI=1S/C12H19N3O2S/c1-3-14-18(16,17)15-9-10(2)13-8-11-6-4-5-7-12(11)15/h4-7,10,13-14H,3,8-9H2,1-2H3. The van der Waals surface area contributed by atoms with Crippen molar-refractivity contribution in [2.45, 2.75) is 26.4 Å². The molecule has 0 saturated carbocycles. The predicted octanol–water partition coefficient (Wildman–Crippen LogP) is 0.839. The van der Waals surface area contributed by atoms with E-state index in [2.05, 4.69) is 10.0 Å². The Hall–Kier alpha value is -1.11. The Bertz CT molecular complexity index is 516. The highest BCUT2D eigenvalue weighted by atomic mass is 32.2. The summed E-state index contributed by atoms with van der Waals surface area (Å²) in [5.41, 5.74) is 1.76. The smallest absolute Gasteiger partial charge is 0.301 e. The van der Waals surface area contributed by atoms with Gasteiger partial charge in [-0.05, 0) is 18.6 Å². The number of rotatable bonds is 3. The van der Waals surface area contributed by atoms with Crippen LogP contribution in [0, 0.1) is 0 Å². The number of nitrogens with zero attached hydrogens (tertiary/aromatic N) is 1. The zero-order valence-corrected chi connectivity index (χ0v) is 11.5. The lowest BCUT2D eigenvalue weighted by molar-refractivity contribution is 0.550. The Labute approximate surface area is 108 Å². The van der Waals surface area contributed by atoms with Gasteiger partial charge in [-0.2, -0.15) is 13.1 Å². The zero-order chi connectivity index (χ0) is 13.2. The monoisotopic (exact) mass is 269 g/mol. The highest BCUT2D eigenvalue weighted by Crippen LogP contribution is 2.25. The molecule has 6 heteroatoms. The third-order valence-corrected chi connectivity index (χ3v) is 4.54. The predicted molar refractivity (Wildman–Crippen MR) is 72.7 cm³/mol. The number of nitrogens with one attached hydrogen (secondary N) is 2. The largest absolute Gasteiger partial charge is 0.308 e. The van der Waals surface area contributed by atoms with Crippen molar-refractivity contribution in [2.24, 2.45) is 0 Å². The second-order valence-electron chi connectivity index (χ2n) is 4.44. The van der Waals surface area contributed by atoms with Gasteiger partial charge in [0.1, 0.15) is 0 Å². The summed E-state index contributed by atoms with van der Waals surface area (Å²) < 4.78 is 28.5. The summed E-state index contributed by atoms with van der Waals surface area (Å²) >= 11 is 0. The Kier molecular flexibility index (Phi) is 3.89. The minimum Gasteiger partial charge on any atom is -0.308 e. The second kappa shape index (κ2) is 5.26. The maximum Gasteiger partial charge on any atom is 0.301 e. The fraction of sp³-hybridized carbons (Fsp3) is 0.500. The maximum atomic E-state index is 12.2. The van der Waals surface area contributed by atoms with Crippen molar-refractivity contribution >= 4 is 15.9 Å². The van der Waals surface area contributed by atoms with E-state index in [0.29, 0.717) is 19.6 Å². The number of fused-ring (bicyclic) bond motifs is 1. The molecule has 1 aromatic carbocycles. The highest BCUT2D eigenvalue weighted by molar-refractivity contribution is 7.90. The first kappa shape index (κ1) is 13.3. The molecule has 1 atom stereocenters. The maximum absolute atomic E-state index is 12.2. The third-order valence-electron chi connectivity index (χ3n) is 2.96. The Morgan fingerprint density at radius 2 is 2.17 bits per heavy atom. The van der Waals surface area contributed by atoms with E-state index < -0.39 is 10.2 Å². The van der Waals surface area contributed by atoms with E-state index in [4.69, 9.17) is 0 Å². The first-order valence-corrected chi connectivity index (χ1v) is 7.57. The zero-order valence-electron chi connectivity index (χ0n) is 10.7. The molecule has 0 saturated heterocycles. The van der Waals surface area contributed by atoms with Crippen molar-refractivity contribution in [1.82, 2.24) is 10.0 Å². The average Bonchev–Trinajstić information content (AvgIpc) is 2.50. The molecular formula is C12H19N3O2S. The number of para-hydroxylation sites is 1. The van der Waals surface area contributed by atoms with Gasteiger partial charge in [-0.3, -0.25) is 4.31 Å². The quantitative estimate of drug-likeness (QED) is 0.855. The van der Waals surface area contributed by atoms with E-state index in [9.17, 15) is 8.42 Å². The normalized spacial score (nSPS) is 20.3. The van der Waals surface area contributed by atoms with Crippen molar-refractivity contribution in [3.05, 3.63) is 29.8 Å². The summed E-state index contributed by atoms with van der Waals surface area (Å²) in [6.45, 7) is 5.29. The Morgan fingerprint density at radius 3 is 2.89 bits per heavy atom.